The molecule has 1 fully saturated rings. The molecular formula is C12H12INO3. The van der Waals surface area contributed by atoms with Crippen LogP contribution in [-0.2, 0) is 9.53 Å². The van der Waals surface area contributed by atoms with Crippen molar-refractivity contribution in [2.24, 2.45) is 0 Å². The molecule has 1 aliphatic carbocycles. The quantitative estimate of drug-likeness (QED) is 0.668. The second-order valence-corrected chi connectivity index (χ2v) is 5.17. The van der Waals surface area contributed by atoms with Crippen LogP contribution in [0.15, 0.2) is 24.3 Å². The number of halogens is 1. The van der Waals surface area contributed by atoms with Gasteiger partial charge in [-0.3, -0.25) is 4.79 Å². The van der Waals surface area contributed by atoms with Gasteiger partial charge in [-0.05, 0) is 59.7 Å². The first-order valence-corrected chi connectivity index (χ1v) is 6.45. The second-order valence-electron chi connectivity index (χ2n) is 3.92. The molecule has 0 bridgehead atoms. The topological polar surface area (TPSA) is 55.4 Å². The number of carbonyl (C=O) groups is 2. The summed E-state index contributed by atoms with van der Waals surface area (Å²) in [6, 6.07) is 7.30. The largest absolute Gasteiger partial charge is 0.452 e. The summed E-state index contributed by atoms with van der Waals surface area (Å²) < 4.78 is 5.95. The molecule has 0 heterocycles. The third-order valence-corrected chi connectivity index (χ3v) is 3.08. The van der Waals surface area contributed by atoms with E-state index in [-0.39, 0.29) is 12.5 Å². The Labute approximate surface area is 113 Å². The molecule has 0 atom stereocenters. The van der Waals surface area contributed by atoms with E-state index in [1.807, 2.05) is 12.1 Å². The molecule has 1 aromatic carbocycles. The number of ether oxygens (including phenoxy) is 1. The van der Waals surface area contributed by atoms with Crippen LogP contribution in [0.1, 0.15) is 23.2 Å². The molecule has 0 radical (unpaired) electrons. The van der Waals surface area contributed by atoms with E-state index in [1.54, 1.807) is 12.1 Å². The number of rotatable bonds is 4. The molecule has 1 N–H and O–H groups in total. The molecule has 4 nitrogen and oxygen atoms in total. The highest BCUT2D eigenvalue weighted by Gasteiger charge is 2.23. The fourth-order valence-corrected chi connectivity index (χ4v) is 1.66. The van der Waals surface area contributed by atoms with Crippen LogP contribution in [-0.4, -0.2) is 24.5 Å². The van der Waals surface area contributed by atoms with Gasteiger partial charge >= 0.3 is 5.97 Å². The van der Waals surface area contributed by atoms with Gasteiger partial charge in [0.2, 0.25) is 0 Å². The fourth-order valence-electron chi connectivity index (χ4n) is 1.30. The molecule has 0 aromatic heterocycles. The average Bonchev–Trinajstić information content (AvgIpc) is 3.11. The first-order chi connectivity index (χ1) is 8.15. The summed E-state index contributed by atoms with van der Waals surface area (Å²) in [4.78, 5) is 22.9. The van der Waals surface area contributed by atoms with Gasteiger partial charge in [0.25, 0.3) is 5.91 Å². The average molecular weight is 345 g/mol. The molecule has 0 aliphatic heterocycles. The zero-order valence-electron chi connectivity index (χ0n) is 9.11. The normalized spacial score (nSPS) is 14.2. The van der Waals surface area contributed by atoms with Crippen LogP contribution in [0.4, 0.5) is 0 Å². The summed E-state index contributed by atoms with van der Waals surface area (Å²) in [5, 5.41) is 2.75. The minimum atomic E-state index is -0.465. The summed E-state index contributed by atoms with van der Waals surface area (Å²) in [5.74, 6) is -0.696. The van der Waals surface area contributed by atoms with Crippen molar-refractivity contribution in [3.05, 3.63) is 33.4 Å². The Morgan fingerprint density at radius 3 is 2.53 bits per heavy atom. The van der Waals surface area contributed by atoms with Gasteiger partial charge < -0.3 is 10.1 Å². The minimum Gasteiger partial charge on any atom is -0.452 e. The van der Waals surface area contributed by atoms with Crippen LogP contribution in [0.3, 0.4) is 0 Å². The van der Waals surface area contributed by atoms with E-state index in [2.05, 4.69) is 27.9 Å². The number of hydrogen-bond donors (Lipinski definition) is 1. The maximum absolute atomic E-state index is 11.6. The molecular weight excluding hydrogens is 333 g/mol. The summed E-state index contributed by atoms with van der Waals surface area (Å²) in [7, 11) is 0. The predicted octanol–water partition coefficient (Wildman–Crippen LogP) is 1.73. The Morgan fingerprint density at radius 2 is 1.94 bits per heavy atom. The lowest BCUT2D eigenvalue weighted by Crippen LogP contribution is -2.30. The van der Waals surface area contributed by atoms with Crippen LogP contribution in [0.2, 0.25) is 0 Å². The minimum absolute atomic E-state index is 0.207. The Kier molecular flexibility index (Phi) is 3.98. The van der Waals surface area contributed by atoms with Crippen molar-refractivity contribution in [3.63, 3.8) is 0 Å². The fraction of sp³-hybridized carbons (Fsp3) is 0.333. The molecule has 0 spiro atoms. The molecule has 0 saturated heterocycles. The van der Waals surface area contributed by atoms with Crippen LogP contribution in [0.5, 0.6) is 0 Å². The summed E-state index contributed by atoms with van der Waals surface area (Å²) in [5.41, 5.74) is 0.463. The van der Waals surface area contributed by atoms with Gasteiger partial charge in [0.15, 0.2) is 6.61 Å². The molecule has 1 aliphatic rings. The zero-order valence-corrected chi connectivity index (χ0v) is 11.3. The molecule has 5 heteroatoms. The highest BCUT2D eigenvalue weighted by Crippen LogP contribution is 2.18. The SMILES string of the molecule is O=C(COC(=O)c1ccc(I)cc1)NC1CC1. The molecule has 1 aromatic rings. The van der Waals surface area contributed by atoms with Gasteiger partial charge in [0.05, 0.1) is 5.56 Å². The van der Waals surface area contributed by atoms with E-state index in [1.165, 1.54) is 0 Å². The maximum Gasteiger partial charge on any atom is 0.338 e. The van der Waals surface area contributed by atoms with Gasteiger partial charge in [-0.15, -0.1) is 0 Å². The maximum atomic E-state index is 11.6. The monoisotopic (exact) mass is 345 g/mol. The van der Waals surface area contributed by atoms with Crippen molar-refractivity contribution in [2.45, 2.75) is 18.9 Å². The number of amides is 1. The Hall–Kier alpha value is -1.11. The van der Waals surface area contributed by atoms with Crippen LogP contribution >= 0.6 is 22.6 Å². The van der Waals surface area contributed by atoms with Crippen LogP contribution in [0, 0.1) is 3.57 Å². The number of carbonyl (C=O) groups excluding carboxylic acids is 2. The Bertz CT molecular complexity index is 426. The highest BCUT2D eigenvalue weighted by molar-refractivity contribution is 14.1. The van der Waals surface area contributed by atoms with E-state index in [4.69, 9.17) is 4.74 Å². The lowest BCUT2D eigenvalue weighted by molar-refractivity contribution is -0.124. The summed E-state index contributed by atoms with van der Waals surface area (Å²) in [6.07, 6.45) is 2.05. The first-order valence-electron chi connectivity index (χ1n) is 5.37. The zero-order chi connectivity index (χ0) is 12.3. The van der Waals surface area contributed by atoms with Crippen molar-refractivity contribution >= 4 is 34.5 Å². The Balaban J connectivity index is 1.79. The van der Waals surface area contributed by atoms with E-state index in [9.17, 15) is 9.59 Å². The van der Waals surface area contributed by atoms with Crippen molar-refractivity contribution in [3.8, 4) is 0 Å². The number of benzene rings is 1. The molecule has 90 valence electrons. The smallest absolute Gasteiger partial charge is 0.338 e. The number of nitrogens with one attached hydrogen (secondary N) is 1. The summed E-state index contributed by atoms with van der Waals surface area (Å²) in [6.45, 7) is -0.207. The van der Waals surface area contributed by atoms with Gasteiger partial charge in [0.1, 0.15) is 0 Å². The third-order valence-electron chi connectivity index (χ3n) is 2.36. The standard InChI is InChI=1S/C12H12INO3/c13-9-3-1-8(2-4-9)12(16)17-7-11(15)14-10-5-6-10/h1-4,10H,5-7H2,(H,14,15). The lowest BCUT2D eigenvalue weighted by atomic mass is 10.2. The van der Waals surface area contributed by atoms with E-state index in [0.29, 0.717) is 11.6 Å². The number of esters is 1. The van der Waals surface area contributed by atoms with Crippen molar-refractivity contribution in [1.82, 2.24) is 5.32 Å². The molecule has 0 unspecified atom stereocenters. The van der Waals surface area contributed by atoms with Gasteiger partial charge in [-0.1, -0.05) is 0 Å². The van der Waals surface area contributed by atoms with Crippen molar-refractivity contribution < 1.29 is 14.3 Å². The van der Waals surface area contributed by atoms with E-state index >= 15 is 0 Å². The molecule has 17 heavy (non-hydrogen) atoms. The molecule has 1 amide bonds. The van der Waals surface area contributed by atoms with Gasteiger partial charge in [-0.2, -0.15) is 0 Å². The molecule has 1 saturated carbocycles. The second kappa shape index (κ2) is 5.48. The first kappa shape index (κ1) is 12.3. The van der Waals surface area contributed by atoms with E-state index in [0.717, 1.165) is 16.4 Å². The lowest BCUT2D eigenvalue weighted by Gasteiger charge is -2.05. The van der Waals surface area contributed by atoms with Gasteiger partial charge in [-0.25, -0.2) is 4.79 Å². The third kappa shape index (κ3) is 3.99. The predicted molar refractivity (Wildman–Crippen MR) is 70.6 cm³/mol. The summed E-state index contributed by atoms with van der Waals surface area (Å²) >= 11 is 2.16. The molecule has 2 rings (SSSR count). The van der Waals surface area contributed by atoms with Crippen molar-refractivity contribution in [2.75, 3.05) is 6.61 Å². The van der Waals surface area contributed by atoms with Crippen LogP contribution < -0.4 is 5.32 Å². The van der Waals surface area contributed by atoms with Crippen molar-refractivity contribution in [1.29, 1.82) is 0 Å². The van der Waals surface area contributed by atoms with Crippen LogP contribution in [0.25, 0.3) is 0 Å². The Morgan fingerprint density at radius 1 is 1.29 bits per heavy atom. The highest BCUT2D eigenvalue weighted by atomic mass is 127. The van der Waals surface area contributed by atoms with E-state index < -0.39 is 5.97 Å². The van der Waals surface area contributed by atoms with Gasteiger partial charge in [0, 0.05) is 9.61 Å². The number of hydrogen-bond acceptors (Lipinski definition) is 3.